The van der Waals surface area contributed by atoms with Crippen LogP contribution in [-0.2, 0) is 9.53 Å². The van der Waals surface area contributed by atoms with Crippen LogP contribution in [0.15, 0.2) is 0 Å². The summed E-state index contributed by atoms with van der Waals surface area (Å²) in [5.41, 5.74) is 0. The summed E-state index contributed by atoms with van der Waals surface area (Å²) in [7, 11) is 1.47. The second-order valence-electron chi connectivity index (χ2n) is 4.01. The third-order valence-electron chi connectivity index (χ3n) is 3.25. The third kappa shape index (κ3) is 2.47. The van der Waals surface area contributed by atoms with E-state index < -0.39 is 0 Å². The summed E-state index contributed by atoms with van der Waals surface area (Å²) in [6.45, 7) is 6.52. The van der Waals surface area contributed by atoms with Gasteiger partial charge in [-0.3, -0.25) is 9.69 Å². The van der Waals surface area contributed by atoms with Crippen molar-refractivity contribution in [3.05, 3.63) is 0 Å². The normalized spacial score (nSPS) is 22.1. The van der Waals surface area contributed by atoms with Crippen LogP contribution >= 0.6 is 0 Å². The van der Waals surface area contributed by atoms with Crippen LogP contribution in [0.4, 0.5) is 0 Å². The molecule has 0 N–H and O–H groups in total. The third-order valence-corrected chi connectivity index (χ3v) is 3.25. The first-order valence-corrected chi connectivity index (χ1v) is 5.54. The minimum Gasteiger partial charge on any atom is -0.468 e. The molecule has 1 aliphatic rings. The summed E-state index contributed by atoms with van der Waals surface area (Å²) in [4.78, 5) is 13.5. The molecule has 0 aromatic heterocycles. The summed E-state index contributed by atoms with van der Waals surface area (Å²) in [5, 5.41) is 0. The number of ether oxygens (including phenoxy) is 1. The SMILES string of the molecule is CCC(CC)CN1CCC1C(=O)OC. The highest BCUT2D eigenvalue weighted by atomic mass is 16.5. The minimum atomic E-state index is -0.0674. The standard InChI is InChI=1S/C11H21NO2/c1-4-9(5-2)8-12-7-6-10(12)11(13)14-3/h9-10H,4-8H2,1-3H3. The van der Waals surface area contributed by atoms with Gasteiger partial charge in [-0.2, -0.15) is 0 Å². The quantitative estimate of drug-likeness (QED) is 0.631. The number of carbonyl (C=O) groups excluding carboxylic acids is 1. The van der Waals surface area contributed by atoms with E-state index in [1.807, 2.05) is 0 Å². The van der Waals surface area contributed by atoms with E-state index in [1.54, 1.807) is 0 Å². The zero-order valence-corrected chi connectivity index (χ0v) is 9.45. The predicted molar refractivity (Wildman–Crippen MR) is 56.1 cm³/mol. The largest absolute Gasteiger partial charge is 0.468 e. The van der Waals surface area contributed by atoms with E-state index in [4.69, 9.17) is 4.74 Å². The second kappa shape index (κ2) is 5.35. The van der Waals surface area contributed by atoms with Crippen molar-refractivity contribution in [2.24, 2.45) is 5.92 Å². The number of hydrogen-bond acceptors (Lipinski definition) is 3. The van der Waals surface area contributed by atoms with Gasteiger partial charge in [0.05, 0.1) is 7.11 Å². The van der Waals surface area contributed by atoms with E-state index in [1.165, 1.54) is 20.0 Å². The number of likely N-dealkylation sites (tertiary alicyclic amines) is 1. The molecule has 1 fully saturated rings. The maximum Gasteiger partial charge on any atom is 0.323 e. The Hall–Kier alpha value is -0.570. The Kier molecular flexibility index (Phi) is 4.39. The average molecular weight is 199 g/mol. The molecule has 3 heteroatoms. The molecule has 1 saturated heterocycles. The molecule has 1 atom stereocenters. The molecule has 1 heterocycles. The zero-order chi connectivity index (χ0) is 10.6. The molecule has 0 aromatic carbocycles. The molecule has 14 heavy (non-hydrogen) atoms. The molecule has 82 valence electrons. The summed E-state index contributed by atoms with van der Waals surface area (Å²) >= 11 is 0. The highest BCUT2D eigenvalue weighted by molar-refractivity contribution is 5.76. The first-order chi connectivity index (χ1) is 6.72. The fourth-order valence-electron chi connectivity index (χ4n) is 1.94. The molecule has 3 nitrogen and oxygen atoms in total. The highest BCUT2D eigenvalue weighted by Gasteiger charge is 2.35. The zero-order valence-electron chi connectivity index (χ0n) is 9.45. The molecular weight excluding hydrogens is 178 g/mol. The van der Waals surface area contributed by atoms with Crippen molar-refractivity contribution in [1.82, 2.24) is 4.90 Å². The van der Waals surface area contributed by atoms with Gasteiger partial charge < -0.3 is 4.74 Å². The van der Waals surface area contributed by atoms with Crippen molar-refractivity contribution in [2.45, 2.75) is 39.2 Å². The van der Waals surface area contributed by atoms with Crippen LogP contribution in [0, 0.1) is 5.92 Å². The van der Waals surface area contributed by atoms with Crippen LogP contribution in [0.5, 0.6) is 0 Å². The molecule has 0 amide bonds. The molecular formula is C11H21NO2. The van der Waals surface area contributed by atoms with Gasteiger partial charge in [-0.25, -0.2) is 0 Å². The molecule has 0 spiro atoms. The lowest BCUT2D eigenvalue weighted by molar-refractivity contribution is -0.152. The molecule has 1 rings (SSSR count). The van der Waals surface area contributed by atoms with E-state index >= 15 is 0 Å². The van der Waals surface area contributed by atoms with Crippen LogP contribution in [0.2, 0.25) is 0 Å². The van der Waals surface area contributed by atoms with Crippen LogP contribution in [-0.4, -0.2) is 37.1 Å². The minimum absolute atomic E-state index is 0.0422. The number of esters is 1. The average Bonchev–Trinajstić information content (AvgIpc) is 2.17. The molecule has 1 aliphatic heterocycles. The van der Waals surface area contributed by atoms with E-state index in [2.05, 4.69) is 18.7 Å². The Morgan fingerprint density at radius 3 is 2.50 bits per heavy atom. The van der Waals surface area contributed by atoms with Gasteiger partial charge in [-0.05, 0) is 12.3 Å². The smallest absolute Gasteiger partial charge is 0.323 e. The van der Waals surface area contributed by atoms with Gasteiger partial charge in [-0.15, -0.1) is 0 Å². The van der Waals surface area contributed by atoms with Crippen molar-refractivity contribution < 1.29 is 9.53 Å². The van der Waals surface area contributed by atoms with Crippen molar-refractivity contribution in [3.8, 4) is 0 Å². The Morgan fingerprint density at radius 2 is 2.14 bits per heavy atom. The Morgan fingerprint density at radius 1 is 1.50 bits per heavy atom. The van der Waals surface area contributed by atoms with E-state index in [0.29, 0.717) is 0 Å². The molecule has 1 unspecified atom stereocenters. The fourth-order valence-corrected chi connectivity index (χ4v) is 1.94. The highest BCUT2D eigenvalue weighted by Crippen LogP contribution is 2.22. The van der Waals surface area contributed by atoms with Gasteiger partial charge >= 0.3 is 5.97 Å². The van der Waals surface area contributed by atoms with Gasteiger partial charge in [0.2, 0.25) is 0 Å². The van der Waals surface area contributed by atoms with Crippen molar-refractivity contribution in [3.63, 3.8) is 0 Å². The van der Waals surface area contributed by atoms with E-state index in [-0.39, 0.29) is 12.0 Å². The lowest BCUT2D eigenvalue weighted by atomic mass is 9.97. The predicted octanol–water partition coefficient (Wildman–Crippen LogP) is 1.67. The van der Waals surface area contributed by atoms with Gasteiger partial charge in [0.15, 0.2) is 0 Å². The fraction of sp³-hybridized carbons (Fsp3) is 0.909. The van der Waals surface area contributed by atoms with Crippen molar-refractivity contribution >= 4 is 5.97 Å². The molecule has 0 radical (unpaired) electrons. The van der Waals surface area contributed by atoms with E-state index in [9.17, 15) is 4.79 Å². The molecule has 0 bridgehead atoms. The Labute approximate surface area is 86.4 Å². The number of hydrogen-bond donors (Lipinski definition) is 0. The summed E-state index contributed by atoms with van der Waals surface area (Å²) in [5.74, 6) is 0.657. The monoisotopic (exact) mass is 199 g/mol. The number of nitrogens with zero attached hydrogens (tertiary/aromatic N) is 1. The number of carbonyl (C=O) groups is 1. The Bertz CT molecular complexity index is 190. The van der Waals surface area contributed by atoms with Crippen LogP contribution in [0.1, 0.15) is 33.1 Å². The summed E-state index contributed by atoms with van der Waals surface area (Å²) in [6, 6.07) is 0.0422. The van der Waals surface area contributed by atoms with Gasteiger partial charge in [0, 0.05) is 13.1 Å². The molecule has 0 aliphatic carbocycles. The van der Waals surface area contributed by atoms with Gasteiger partial charge in [0.1, 0.15) is 6.04 Å². The lowest BCUT2D eigenvalue weighted by Crippen LogP contribution is -2.54. The Balaban J connectivity index is 2.35. The lowest BCUT2D eigenvalue weighted by Gasteiger charge is -2.40. The van der Waals surface area contributed by atoms with Crippen LogP contribution in [0.3, 0.4) is 0 Å². The summed E-state index contributed by atoms with van der Waals surface area (Å²) < 4.78 is 4.75. The van der Waals surface area contributed by atoms with Crippen molar-refractivity contribution in [2.75, 3.05) is 20.2 Å². The first-order valence-electron chi connectivity index (χ1n) is 5.54. The first kappa shape index (κ1) is 11.5. The number of methoxy groups -OCH3 is 1. The second-order valence-corrected chi connectivity index (χ2v) is 4.01. The van der Waals surface area contributed by atoms with Gasteiger partial charge in [0.25, 0.3) is 0 Å². The van der Waals surface area contributed by atoms with Crippen molar-refractivity contribution in [1.29, 1.82) is 0 Å². The van der Waals surface area contributed by atoms with E-state index in [0.717, 1.165) is 25.4 Å². The number of rotatable bonds is 5. The van der Waals surface area contributed by atoms with Crippen LogP contribution < -0.4 is 0 Å². The molecule has 0 saturated carbocycles. The summed E-state index contributed by atoms with van der Waals surface area (Å²) in [6.07, 6.45) is 3.36. The van der Waals surface area contributed by atoms with Crippen LogP contribution in [0.25, 0.3) is 0 Å². The molecule has 0 aromatic rings. The maximum absolute atomic E-state index is 11.3. The maximum atomic E-state index is 11.3. The topological polar surface area (TPSA) is 29.5 Å². The van der Waals surface area contributed by atoms with Gasteiger partial charge in [-0.1, -0.05) is 26.7 Å².